The highest BCUT2D eigenvalue weighted by atomic mass is 15.2. The summed E-state index contributed by atoms with van der Waals surface area (Å²) >= 11 is 0. The van der Waals surface area contributed by atoms with E-state index in [9.17, 15) is 0 Å². The van der Waals surface area contributed by atoms with Crippen LogP contribution in [0.1, 0.15) is 26.5 Å². The first-order valence-electron chi connectivity index (χ1n) is 4.37. The molecule has 0 atom stereocenters. The summed E-state index contributed by atoms with van der Waals surface area (Å²) in [5, 5.41) is 4.46. The van der Waals surface area contributed by atoms with Gasteiger partial charge < -0.3 is 0 Å². The third kappa shape index (κ3) is 1.41. The largest absolute Gasteiger partial charge is 0.261 e. The molecule has 0 amide bonds. The lowest BCUT2D eigenvalue weighted by Gasteiger charge is -2.13. The van der Waals surface area contributed by atoms with Crippen LogP contribution in [0.2, 0.25) is 0 Å². The van der Waals surface area contributed by atoms with E-state index in [2.05, 4.69) is 36.9 Å². The Hall–Kier alpha value is -1.38. The number of nitrogens with zero attached hydrogens (tertiary/aromatic N) is 3. The molecular weight excluding hydrogens is 162 g/mol. The zero-order valence-electron chi connectivity index (χ0n) is 8.15. The second kappa shape index (κ2) is 2.55. The van der Waals surface area contributed by atoms with Crippen molar-refractivity contribution in [3.63, 3.8) is 0 Å². The summed E-state index contributed by atoms with van der Waals surface area (Å²) < 4.78 is 1.85. The third-order valence-corrected chi connectivity index (χ3v) is 2.03. The molecule has 3 heteroatoms. The van der Waals surface area contributed by atoms with Crippen LogP contribution in [0, 0.1) is 0 Å². The van der Waals surface area contributed by atoms with E-state index in [1.54, 1.807) is 6.20 Å². The van der Waals surface area contributed by atoms with Crippen LogP contribution in [-0.2, 0) is 5.41 Å². The van der Waals surface area contributed by atoms with Crippen molar-refractivity contribution in [1.82, 2.24) is 14.6 Å². The van der Waals surface area contributed by atoms with Gasteiger partial charge in [0.1, 0.15) is 0 Å². The van der Waals surface area contributed by atoms with Gasteiger partial charge in [0, 0.05) is 17.8 Å². The molecule has 0 saturated heterocycles. The van der Waals surface area contributed by atoms with Gasteiger partial charge in [-0.1, -0.05) is 20.8 Å². The molecule has 2 aromatic heterocycles. The summed E-state index contributed by atoms with van der Waals surface area (Å²) in [6.07, 6.45) is 5.43. The Balaban J connectivity index is 2.63. The Morgan fingerprint density at radius 3 is 2.69 bits per heavy atom. The van der Waals surface area contributed by atoms with E-state index in [1.165, 1.54) is 0 Å². The molecule has 0 radical (unpaired) electrons. The molecule has 2 rings (SSSR count). The zero-order chi connectivity index (χ0) is 9.47. The quantitative estimate of drug-likeness (QED) is 0.613. The summed E-state index contributed by atoms with van der Waals surface area (Å²) in [4.78, 5) is 4.05. The van der Waals surface area contributed by atoms with Gasteiger partial charge >= 0.3 is 0 Å². The average Bonchev–Trinajstić information content (AvgIpc) is 2.45. The lowest BCUT2D eigenvalue weighted by molar-refractivity contribution is 0.562. The van der Waals surface area contributed by atoms with Crippen molar-refractivity contribution in [3.05, 3.63) is 30.4 Å². The summed E-state index contributed by atoms with van der Waals surface area (Å²) in [5.74, 6) is 0. The Labute approximate surface area is 77.4 Å². The lowest BCUT2D eigenvalue weighted by Crippen LogP contribution is -2.11. The molecule has 0 unspecified atom stereocenters. The van der Waals surface area contributed by atoms with Gasteiger partial charge in [-0.25, -0.2) is 4.52 Å². The van der Waals surface area contributed by atoms with Gasteiger partial charge in [-0.3, -0.25) is 4.98 Å². The van der Waals surface area contributed by atoms with E-state index in [0.29, 0.717) is 0 Å². The molecule has 3 nitrogen and oxygen atoms in total. The van der Waals surface area contributed by atoms with Crippen molar-refractivity contribution in [1.29, 1.82) is 0 Å². The van der Waals surface area contributed by atoms with E-state index in [-0.39, 0.29) is 5.41 Å². The van der Waals surface area contributed by atoms with E-state index in [0.717, 1.165) is 11.2 Å². The predicted molar refractivity (Wildman–Crippen MR) is 51.7 cm³/mol. The van der Waals surface area contributed by atoms with Gasteiger partial charge in [0.25, 0.3) is 0 Å². The number of hydrogen-bond acceptors (Lipinski definition) is 2. The molecule has 13 heavy (non-hydrogen) atoms. The number of aromatic nitrogens is 3. The maximum atomic E-state index is 4.46. The molecule has 0 aliphatic heterocycles. The highest BCUT2D eigenvalue weighted by Crippen LogP contribution is 2.21. The Morgan fingerprint density at radius 2 is 2.08 bits per heavy atom. The zero-order valence-corrected chi connectivity index (χ0v) is 8.15. The van der Waals surface area contributed by atoms with Crippen LogP contribution in [0.3, 0.4) is 0 Å². The summed E-state index contributed by atoms with van der Waals surface area (Å²) in [5.41, 5.74) is 2.25. The minimum Gasteiger partial charge on any atom is -0.261 e. The van der Waals surface area contributed by atoms with E-state index in [4.69, 9.17) is 0 Å². The van der Waals surface area contributed by atoms with Crippen LogP contribution < -0.4 is 0 Å². The molecule has 0 spiro atoms. The predicted octanol–water partition coefficient (Wildman–Crippen LogP) is 2.03. The highest BCUT2D eigenvalue weighted by molar-refractivity contribution is 5.46. The van der Waals surface area contributed by atoms with Crippen LogP contribution in [-0.4, -0.2) is 14.6 Å². The normalized spacial score (nSPS) is 12.2. The fourth-order valence-corrected chi connectivity index (χ4v) is 1.21. The number of fused-ring (bicyclic) bond motifs is 1. The molecule has 0 aliphatic rings. The van der Waals surface area contributed by atoms with Crippen LogP contribution in [0.5, 0.6) is 0 Å². The van der Waals surface area contributed by atoms with E-state index >= 15 is 0 Å². The molecule has 0 N–H and O–H groups in total. The molecule has 68 valence electrons. The van der Waals surface area contributed by atoms with Crippen molar-refractivity contribution < 1.29 is 0 Å². The minimum absolute atomic E-state index is 0.103. The SMILES string of the molecule is CC(C)(C)c1cc2cnccn2n1. The van der Waals surface area contributed by atoms with Crippen LogP contribution in [0.25, 0.3) is 5.52 Å². The fraction of sp³-hybridized carbons (Fsp3) is 0.400. The Bertz CT molecular complexity index is 390. The third-order valence-electron chi connectivity index (χ3n) is 2.03. The molecule has 0 aromatic carbocycles. The van der Waals surface area contributed by atoms with Gasteiger partial charge in [0.15, 0.2) is 0 Å². The molecule has 0 saturated carbocycles. The number of rotatable bonds is 0. The smallest absolute Gasteiger partial charge is 0.0847 e. The summed E-state index contributed by atoms with van der Waals surface area (Å²) in [7, 11) is 0. The van der Waals surface area contributed by atoms with Gasteiger partial charge in [0.05, 0.1) is 17.4 Å². The highest BCUT2D eigenvalue weighted by Gasteiger charge is 2.17. The second-order valence-electron chi connectivity index (χ2n) is 4.23. The number of hydrogen-bond donors (Lipinski definition) is 0. The van der Waals surface area contributed by atoms with Crippen molar-refractivity contribution in [3.8, 4) is 0 Å². The first-order chi connectivity index (χ1) is 6.07. The molecule has 2 aromatic rings. The maximum Gasteiger partial charge on any atom is 0.0847 e. The van der Waals surface area contributed by atoms with Crippen LogP contribution in [0.4, 0.5) is 0 Å². The molecule has 2 heterocycles. The van der Waals surface area contributed by atoms with Crippen molar-refractivity contribution in [2.45, 2.75) is 26.2 Å². The first kappa shape index (κ1) is 8.23. The van der Waals surface area contributed by atoms with E-state index < -0.39 is 0 Å². The van der Waals surface area contributed by atoms with E-state index in [1.807, 2.05) is 16.9 Å². The minimum atomic E-state index is 0.103. The molecule has 0 aliphatic carbocycles. The van der Waals surface area contributed by atoms with Crippen molar-refractivity contribution in [2.75, 3.05) is 0 Å². The monoisotopic (exact) mass is 175 g/mol. The fourth-order valence-electron chi connectivity index (χ4n) is 1.21. The summed E-state index contributed by atoms with van der Waals surface area (Å²) in [6, 6.07) is 2.08. The standard InChI is InChI=1S/C10H13N3/c1-10(2,3)9-6-8-7-11-4-5-13(8)12-9/h4-7H,1-3H3. The average molecular weight is 175 g/mol. The maximum absolute atomic E-state index is 4.46. The first-order valence-corrected chi connectivity index (χ1v) is 4.37. The Morgan fingerprint density at radius 1 is 1.31 bits per heavy atom. The summed E-state index contributed by atoms with van der Waals surface area (Å²) in [6.45, 7) is 6.46. The molecular formula is C10H13N3. The second-order valence-corrected chi connectivity index (χ2v) is 4.23. The van der Waals surface area contributed by atoms with Gasteiger partial charge in [0.2, 0.25) is 0 Å². The lowest BCUT2D eigenvalue weighted by atomic mass is 9.92. The molecule has 0 fully saturated rings. The van der Waals surface area contributed by atoms with Crippen LogP contribution >= 0.6 is 0 Å². The van der Waals surface area contributed by atoms with Gasteiger partial charge in [-0.2, -0.15) is 5.10 Å². The topological polar surface area (TPSA) is 30.2 Å². The van der Waals surface area contributed by atoms with Crippen molar-refractivity contribution >= 4 is 5.52 Å². The van der Waals surface area contributed by atoms with Gasteiger partial charge in [-0.15, -0.1) is 0 Å². The molecule has 0 bridgehead atoms. The van der Waals surface area contributed by atoms with Crippen molar-refractivity contribution in [2.24, 2.45) is 0 Å². The van der Waals surface area contributed by atoms with Gasteiger partial charge in [-0.05, 0) is 6.07 Å². The Kier molecular flexibility index (Phi) is 1.62. The van der Waals surface area contributed by atoms with Crippen LogP contribution in [0.15, 0.2) is 24.7 Å².